The van der Waals surface area contributed by atoms with Crippen LogP contribution < -0.4 is 0 Å². The third kappa shape index (κ3) is 1.42. The summed E-state index contributed by atoms with van der Waals surface area (Å²) in [5.41, 5.74) is 2.98. The molecule has 3 nitrogen and oxygen atoms in total. The van der Waals surface area contributed by atoms with E-state index in [1.165, 1.54) is 0 Å². The van der Waals surface area contributed by atoms with Crippen LogP contribution >= 0.6 is 0 Å². The fraction of sp³-hybridized carbons (Fsp3) is 0. The van der Waals surface area contributed by atoms with Gasteiger partial charge in [0.15, 0.2) is 0 Å². The van der Waals surface area contributed by atoms with Crippen molar-refractivity contribution in [3.05, 3.63) is 55.1 Å². The second kappa shape index (κ2) is 3.70. The quantitative estimate of drug-likeness (QED) is 0.615. The smallest absolute Gasteiger partial charge is 0.116 e. The minimum absolute atomic E-state index is 0.952. The Morgan fingerprint density at radius 1 is 0.812 bits per heavy atom. The Morgan fingerprint density at radius 3 is 2.50 bits per heavy atom. The van der Waals surface area contributed by atoms with E-state index in [0.29, 0.717) is 0 Å². The maximum atomic E-state index is 4.34. The Morgan fingerprint density at radius 2 is 1.62 bits per heavy atom. The monoisotopic (exact) mass is 207 g/mol. The number of benzene rings is 1. The molecule has 16 heavy (non-hydrogen) atoms. The van der Waals surface area contributed by atoms with Gasteiger partial charge in [0.1, 0.15) is 6.33 Å². The van der Waals surface area contributed by atoms with Crippen molar-refractivity contribution in [2.45, 2.75) is 0 Å². The number of aromatic nitrogens is 3. The Bertz CT molecular complexity index is 615. The molecule has 0 spiro atoms. The number of pyridine rings is 1. The average molecular weight is 207 g/mol. The maximum Gasteiger partial charge on any atom is 0.116 e. The summed E-state index contributed by atoms with van der Waals surface area (Å²) in [5, 5.41) is 1.07. The summed E-state index contributed by atoms with van der Waals surface area (Å²) < 4.78 is 0. The lowest BCUT2D eigenvalue weighted by atomic mass is 10.1. The molecule has 0 aliphatic heterocycles. The molecule has 0 saturated carbocycles. The van der Waals surface area contributed by atoms with E-state index >= 15 is 0 Å². The van der Waals surface area contributed by atoms with Crippen molar-refractivity contribution in [2.75, 3.05) is 0 Å². The van der Waals surface area contributed by atoms with Gasteiger partial charge in [-0.05, 0) is 18.2 Å². The van der Waals surface area contributed by atoms with Gasteiger partial charge in [0.2, 0.25) is 0 Å². The lowest BCUT2D eigenvalue weighted by molar-refractivity contribution is 1.22. The lowest BCUT2D eigenvalue weighted by Gasteiger charge is -2.03. The molecule has 0 aliphatic carbocycles. The molecule has 0 N–H and O–H groups in total. The van der Waals surface area contributed by atoms with Crippen molar-refractivity contribution in [1.82, 2.24) is 15.0 Å². The molecule has 3 heteroatoms. The zero-order chi connectivity index (χ0) is 10.8. The predicted octanol–water partition coefficient (Wildman–Crippen LogP) is 2.69. The van der Waals surface area contributed by atoms with Gasteiger partial charge in [-0.3, -0.25) is 4.98 Å². The first-order valence-corrected chi connectivity index (χ1v) is 5.05. The van der Waals surface area contributed by atoms with Crippen LogP contribution in [0.15, 0.2) is 55.1 Å². The molecule has 0 amide bonds. The second-order valence-electron chi connectivity index (χ2n) is 3.48. The molecule has 0 atom stereocenters. The fourth-order valence-corrected chi connectivity index (χ4v) is 1.74. The van der Waals surface area contributed by atoms with Crippen LogP contribution in [0.2, 0.25) is 0 Å². The average Bonchev–Trinajstić information content (AvgIpc) is 2.39. The van der Waals surface area contributed by atoms with Crippen LogP contribution in [0.3, 0.4) is 0 Å². The van der Waals surface area contributed by atoms with Crippen LogP contribution in [0.25, 0.3) is 22.2 Å². The summed E-state index contributed by atoms with van der Waals surface area (Å²) in [6.07, 6.45) is 5.14. The highest BCUT2D eigenvalue weighted by molar-refractivity contribution is 5.91. The highest BCUT2D eigenvalue weighted by Gasteiger charge is 2.04. The summed E-state index contributed by atoms with van der Waals surface area (Å²) in [7, 11) is 0. The van der Waals surface area contributed by atoms with Gasteiger partial charge in [-0.1, -0.05) is 18.2 Å². The van der Waals surface area contributed by atoms with Crippen molar-refractivity contribution >= 4 is 10.9 Å². The van der Waals surface area contributed by atoms with Gasteiger partial charge in [0.25, 0.3) is 0 Å². The molecule has 1 aromatic carbocycles. The highest BCUT2D eigenvalue weighted by Crippen LogP contribution is 2.23. The van der Waals surface area contributed by atoms with E-state index < -0.39 is 0 Å². The number of para-hydroxylation sites is 1. The normalized spacial score (nSPS) is 10.5. The molecule has 2 heterocycles. The first-order chi connectivity index (χ1) is 7.95. The lowest BCUT2D eigenvalue weighted by Crippen LogP contribution is -1.88. The van der Waals surface area contributed by atoms with Crippen molar-refractivity contribution in [3.8, 4) is 11.3 Å². The largest absolute Gasteiger partial charge is 0.265 e. The Hall–Kier alpha value is -2.29. The van der Waals surface area contributed by atoms with E-state index in [1.54, 1.807) is 18.7 Å². The van der Waals surface area contributed by atoms with Gasteiger partial charge in [-0.25, -0.2) is 9.97 Å². The molecule has 0 unspecified atom stereocenters. The number of fused-ring (bicyclic) bond motifs is 1. The number of nitrogens with zero attached hydrogens (tertiary/aromatic N) is 3. The Kier molecular flexibility index (Phi) is 2.07. The Labute approximate surface area is 92.8 Å². The molecule has 3 rings (SSSR count). The van der Waals surface area contributed by atoms with E-state index in [1.807, 2.05) is 36.4 Å². The molecule has 0 fully saturated rings. The Balaban J connectivity index is 2.32. The van der Waals surface area contributed by atoms with Gasteiger partial charge in [-0.15, -0.1) is 0 Å². The molecule has 76 valence electrons. The number of rotatable bonds is 1. The molecular weight excluding hydrogens is 198 g/mol. The van der Waals surface area contributed by atoms with E-state index in [2.05, 4.69) is 15.0 Å². The molecule has 3 aromatic rings. The number of hydrogen-bond acceptors (Lipinski definition) is 3. The van der Waals surface area contributed by atoms with Crippen molar-refractivity contribution in [1.29, 1.82) is 0 Å². The molecule has 0 saturated heterocycles. The van der Waals surface area contributed by atoms with Crippen LogP contribution in [-0.2, 0) is 0 Å². The van der Waals surface area contributed by atoms with Gasteiger partial charge in [-0.2, -0.15) is 0 Å². The predicted molar refractivity (Wildman–Crippen MR) is 62.8 cm³/mol. The fourth-order valence-electron chi connectivity index (χ4n) is 1.74. The first-order valence-electron chi connectivity index (χ1n) is 5.05. The maximum absolute atomic E-state index is 4.34. The van der Waals surface area contributed by atoms with Crippen molar-refractivity contribution < 1.29 is 0 Å². The topological polar surface area (TPSA) is 38.7 Å². The molecule has 0 aliphatic rings. The van der Waals surface area contributed by atoms with Crippen LogP contribution in [0, 0.1) is 0 Å². The molecule has 0 radical (unpaired) electrons. The standard InChI is InChI=1S/C13H9N3/c1-2-4-12-11(3-1)13(16-9-15-12)10-5-7-14-8-6-10/h1-9H. The van der Waals surface area contributed by atoms with Crippen LogP contribution in [0.1, 0.15) is 0 Å². The van der Waals surface area contributed by atoms with E-state index in [4.69, 9.17) is 0 Å². The third-order valence-electron chi connectivity index (χ3n) is 2.50. The summed E-state index contributed by atoms with van der Waals surface area (Å²) in [5.74, 6) is 0. The minimum Gasteiger partial charge on any atom is -0.265 e. The van der Waals surface area contributed by atoms with Crippen molar-refractivity contribution in [2.24, 2.45) is 0 Å². The van der Waals surface area contributed by atoms with Crippen LogP contribution in [-0.4, -0.2) is 15.0 Å². The summed E-state index contributed by atoms with van der Waals surface area (Å²) >= 11 is 0. The zero-order valence-electron chi connectivity index (χ0n) is 8.54. The zero-order valence-corrected chi connectivity index (χ0v) is 8.54. The van der Waals surface area contributed by atoms with Gasteiger partial charge in [0, 0.05) is 23.3 Å². The van der Waals surface area contributed by atoms with Gasteiger partial charge in [0.05, 0.1) is 11.2 Å². The summed E-state index contributed by atoms with van der Waals surface area (Å²) in [4.78, 5) is 12.6. The van der Waals surface area contributed by atoms with Crippen LogP contribution in [0.4, 0.5) is 0 Å². The van der Waals surface area contributed by atoms with E-state index in [9.17, 15) is 0 Å². The third-order valence-corrected chi connectivity index (χ3v) is 2.50. The molecular formula is C13H9N3. The van der Waals surface area contributed by atoms with Gasteiger partial charge >= 0.3 is 0 Å². The summed E-state index contributed by atoms with van der Waals surface area (Å²) in [6, 6.07) is 11.9. The van der Waals surface area contributed by atoms with Crippen LogP contribution in [0.5, 0.6) is 0 Å². The second-order valence-corrected chi connectivity index (χ2v) is 3.48. The summed E-state index contributed by atoms with van der Waals surface area (Å²) in [6.45, 7) is 0. The molecule has 2 aromatic heterocycles. The van der Waals surface area contributed by atoms with Gasteiger partial charge < -0.3 is 0 Å². The van der Waals surface area contributed by atoms with Crippen molar-refractivity contribution in [3.63, 3.8) is 0 Å². The highest BCUT2D eigenvalue weighted by atomic mass is 14.8. The number of hydrogen-bond donors (Lipinski definition) is 0. The van der Waals surface area contributed by atoms with E-state index in [0.717, 1.165) is 22.2 Å². The SMILES string of the molecule is c1ccc2c(-c3ccncc3)ncnc2c1. The minimum atomic E-state index is 0.952. The first kappa shape index (κ1) is 8.97. The van der Waals surface area contributed by atoms with E-state index in [-0.39, 0.29) is 0 Å². The molecule has 0 bridgehead atoms.